The molecule has 0 fully saturated rings. The molecule has 0 aliphatic rings. The Hall–Kier alpha value is -1.39. The van der Waals surface area contributed by atoms with Gasteiger partial charge in [-0.25, -0.2) is 4.98 Å². The fourth-order valence-electron chi connectivity index (χ4n) is 1.39. The summed E-state index contributed by atoms with van der Waals surface area (Å²) in [7, 11) is 0. The highest BCUT2D eigenvalue weighted by Gasteiger charge is 2.07. The van der Waals surface area contributed by atoms with Crippen molar-refractivity contribution in [1.82, 2.24) is 9.97 Å². The Morgan fingerprint density at radius 3 is 2.86 bits per heavy atom. The third kappa shape index (κ3) is 1.76. The molecule has 2 aromatic rings. The lowest BCUT2D eigenvalue weighted by Gasteiger charge is -2.02. The zero-order chi connectivity index (χ0) is 9.97. The van der Waals surface area contributed by atoms with Crippen LogP contribution in [-0.2, 0) is 6.42 Å². The van der Waals surface area contributed by atoms with E-state index in [0.717, 1.165) is 11.0 Å². The lowest BCUT2D eigenvalue weighted by Crippen LogP contribution is -2.15. The number of nitrogens with zero attached hydrogens (tertiary/aromatic N) is 1. The standard InChI is InChI=1S/C10H12N2O2/c13-6-7(14)5-10-11-8-3-1-2-4-9(8)12-10/h1-4,7,13-14H,5-6H2,(H,11,12). The maximum absolute atomic E-state index is 9.23. The van der Waals surface area contributed by atoms with Crippen molar-refractivity contribution in [3.8, 4) is 0 Å². The number of hydrogen-bond donors (Lipinski definition) is 3. The first-order chi connectivity index (χ1) is 6.79. The van der Waals surface area contributed by atoms with Gasteiger partial charge in [-0.15, -0.1) is 0 Å². The van der Waals surface area contributed by atoms with Crippen molar-refractivity contribution in [2.24, 2.45) is 0 Å². The van der Waals surface area contributed by atoms with Gasteiger partial charge in [-0.05, 0) is 12.1 Å². The number of aliphatic hydroxyl groups excluding tert-OH is 2. The van der Waals surface area contributed by atoms with E-state index in [2.05, 4.69) is 9.97 Å². The van der Waals surface area contributed by atoms with Gasteiger partial charge in [0.25, 0.3) is 0 Å². The molecule has 0 radical (unpaired) electrons. The first-order valence-corrected chi connectivity index (χ1v) is 4.52. The Balaban J connectivity index is 2.27. The highest BCUT2D eigenvalue weighted by Crippen LogP contribution is 2.11. The summed E-state index contributed by atoms with van der Waals surface area (Å²) < 4.78 is 0. The summed E-state index contributed by atoms with van der Waals surface area (Å²) in [6.45, 7) is -0.239. The van der Waals surface area contributed by atoms with Gasteiger partial charge in [0.2, 0.25) is 0 Å². The Bertz CT molecular complexity index is 392. The molecule has 1 heterocycles. The van der Waals surface area contributed by atoms with E-state index < -0.39 is 6.10 Å². The molecule has 0 spiro atoms. The molecule has 1 aromatic heterocycles. The van der Waals surface area contributed by atoms with Crippen LogP contribution in [0.4, 0.5) is 0 Å². The molecule has 1 aromatic carbocycles. The molecule has 14 heavy (non-hydrogen) atoms. The SMILES string of the molecule is OCC(O)Cc1nc2ccccc2[nH]1. The Morgan fingerprint density at radius 1 is 1.36 bits per heavy atom. The predicted octanol–water partition coefficient (Wildman–Crippen LogP) is 0.459. The summed E-state index contributed by atoms with van der Waals surface area (Å²) in [6, 6.07) is 7.67. The van der Waals surface area contributed by atoms with Crippen LogP contribution in [0, 0.1) is 0 Å². The van der Waals surface area contributed by atoms with Crippen molar-refractivity contribution >= 4 is 11.0 Å². The van der Waals surface area contributed by atoms with Crippen LogP contribution in [0.15, 0.2) is 24.3 Å². The summed E-state index contributed by atoms with van der Waals surface area (Å²) in [5, 5.41) is 17.9. The molecule has 4 heteroatoms. The molecule has 0 aliphatic carbocycles. The van der Waals surface area contributed by atoms with Crippen molar-refractivity contribution < 1.29 is 10.2 Å². The molecule has 74 valence electrons. The average Bonchev–Trinajstić information content (AvgIpc) is 2.59. The van der Waals surface area contributed by atoms with Gasteiger partial charge in [0.1, 0.15) is 5.82 Å². The number of fused-ring (bicyclic) bond motifs is 1. The predicted molar refractivity (Wildman–Crippen MR) is 52.9 cm³/mol. The Kier molecular flexibility index (Phi) is 2.47. The number of aromatic nitrogens is 2. The molecule has 2 rings (SSSR count). The molecule has 1 unspecified atom stereocenters. The van der Waals surface area contributed by atoms with E-state index >= 15 is 0 Å². The second-order valence-corrected chi connectivity index (χ2v) is 3.24. The molecule has 0 saturated heterocycles. The maximum atomic E-state index is 9.23. The molecule has 0 amide bonds. The zero-order valence-corrected chi connectivity index (χ0v) is 7.64. The molecular weight excluding hydrogens is 180 g/mol. The van der Waals surface area contributed by atoms with E-state index in [1.165, 1.54) is 0 Å². The number of aromatic amines is 1. The third-order valence-corrected chi connectivity index (χ3v) is 2.08. The maximum Gasteiger partial charge on any atom is 0.109 e. The highest BCUT2D eigenvalue weighted by atomic mass is 16.3. The Labute approximate surface area is 81.2 Å². The van der Waals surface area contributed by atoms with Crippen LogP contribution < -0.4 is 0 Å². The minimum Gasteiger partial charge on any atom is -0.394 e. The largest absolute Gasteiger partial charge is 0.394 e. The Morgan fingerprint density at radius 2 is 2.14 bits per heavy atom. The number of H-pyrrole nitrogens is 1. The van der Waals surface area contributed by atoms with E-state index in [1.54, 1.807) is 0 Å². The van der Waals surface area contributed by atoms with Crippen molar-refractivity contribution in [3.05, 3.63) is 30.1 Å². The van der Waals surface area contributed by atoms with Gasteiger partial charge < -0.3 is 15.2 Å². The molecule has 0 aliphatic heterocycles. The second-order valence-electron chi connectivity index (χ2n) is 3.24. The summed E-state index contributed by atoms with van der Waals surface area (Å²) in [5.41, 5.74) is 1.83. The molecular formula is C10H12N2O2. The monoisotopic (exact) mass is 192 g/mol. The number of imidazole rings is 1. The fraction of sp³-hybridized carbons (Fsp3) is 0.300. The molecule has 3 N–H and O–H groups in total. The van der Waals surface area contributed by atoms with Gasteiger partial charge in [-0.2, -0.15) is 0 Å². The van der Waals surface area contributed by atoms with E-state index in [1.807, 2.05) is 24.3 Å². The zero-order valence-electron chi connectivity index (χ0n) is 7.64. The number of aliphatic hydroxyl groups is 2. The second kappa shape index (κ2) is 3.77. The minimum absolute atomic E-state index is 0.239. The van der Waals surface area contributed by atoms with Gasteiger partial charge in [0.15, 0.2) is 0 Å². The normalized spacial score (nSPS) is 13.3. The van der Waals surface area contributed by atoms with Gasteiger partial charge in [-0.3, -0.25) is 0 Å². The van der Waals surface area contributed by atoms with E-state index in [9.17, 15) is 5.11 Å². The van der Waals surface area contributed by atoms with Gasteiger partial charge in [0, 0.05) is 6.42 Å². The lowest BCUT2D eigenvalue weighted by molar-refractivity contribution is 0.0941. The van der Waals surface area contributed by atoms with Crippen molar-refractivity contribution in [2.75, 3.05) is 6.61 Å². The molecule has 0 saturated carbocycles. The molecule has 4 nitrogen and oxygen atoms in total. The molecule has 1 atom stereocenters. The van der Waals surface area contributed by atoms with E-state index in [4.69, 9.17) is 5.11 Å². The number of hydrogen-bond acceptors (Lipinski definition) is 3. The van der Waals surface area contributed by atoms with Crippen LogP contribution in [0.1, 0.15) is 5.82 Å². The molecule has 0 bridgehead atoms. The number of rotatable bonds is 3. The van der Waals surface area contributed by atoms with Crippen molar-refractivity contribution in [2.45, 2.75) is 12.5 Å². The van der Waals surface area contributed by atoms with E-state index in [0.29, 0.717) is 12.2 Å². The van der Waals surface area contributed by atoms with Crippen molar-refractivity contribution in [3.63, 3.8) is 0 Å². The summed E-state index contributed by atoms with van der Waals surface area (Å²) in [5.74, 6) is 0.702. The number of nitrogens with one attached hydrogen (secondary N) is 1. The van der Waals surface area contributed by atoms with Crippen LogP contribution in [-0.4, -0.2) is 32.9 Å². The summed E-state index contributed by atoms with van der Waals surface area (Å²) in [6.07, 6.45) is -0.388. The van der Waals surface area contributed by atoms with Crippen LogP contribution in [0.25, 0.3) is 11.0 Å². The van der Waals surface area contributed by atoms with Crippen molar-refractivity contribution in [1.29, 1.82) is 0 Å². The number of para-hydroxylation sites is 2. The first kappa shape index (κ1) is 9.18. The average molecular weight is 192 g/mol. The lowest BCUT2D eigenvalue weighted by atomic mass is 10.2. The van der Waals surface area contributed by atoms with Crippen LogP contribution >= 0.6 is 0 Å². The number of benzene rings is 1. The minimum atomic E-state index is -0.740. The van der Waals surface area contributed by atoms with Crippen LogP contribution in [0.2, 0.25) is 0 Å². The van der Waals surface area contributed by atoms with Crippen LogP contribution in [0.5, 0.6) is 0 Å². The topological polar surface area (TPSA) is 69.1 Å². The smallest absolute Gasteiger partial charge is 0.109 e. The first-order valence-electron chi connectivity index (χ1n) is 4.52. The van der Waals surface area contributed by atoms with Crippen LogP contribution in [0.3, 0.4) is 0 Å². The van der Waals surface area contributed by atoms with E-state index in [-0.39, 0.29) is 6.61 Å². The van der Waals surface area contributed by atoms with Gasteiger partial charge in [0.05, 0.1) is 23.7 Å². The fourth-order valence-corrected chi connectivity index (χ4v) is 1.39. The highest BCUT2D eigenvalue weighted by molar-refractivity contribution is 5.74. The third-order valence-electron chi connectivity index (χ3n) is 2.08. The quantitative estimate of drug-likeness (QED) is 0.661. The summed E-state index contributed by atoms with van der Waals surface area (Å²) in [4.78, 5) is 7.35. The summed E-state index contributed by atoms with van der Waals surface area (Å²) >= 11 is 0. The van der Waals surface area contributed by atoms with Gasteiger partial charge in [-0.1, -0.05) is 12.1 Å². The van der Waals surface area contributed by atoms with Gasteiger partial charge >= 0.3 is 0 Å².